The Hall–Kier alpha value is -4.17. The molecule has 3 amide bonds. The summed E-state index contributed by atoms with van der Waals surface area (Å²) in [5.41, 5.74) is 3.17. The summed E-state index contributed by atoms with van der Waals surface area (Å²) in [6.07, 6.45) is 0.454. The summed E-state index contributed by atoms with van der Waals surface area (Å²) >= 11 is 0. The second-order valence-electron chi connectivity index (χ2n) is 10.6. The van der Waals surface area contributed by atoms with Gasteiger partial charge in [-0.05, 0) is 72.9 Å². The van der Waals surface area contributed by atoms with Gasteiger partial charge in [-0.25, -0.2) is 0 Å². The van der Waals surface area contributed by atoms with E-state index in [2.05, 4.69) is 16.0 Å². The molecule has 3 aromatic rings. The number of aliphatic hydroxyl groups is 1. The highest BCUT2D eigenvalue weighted by Gasteiger charge is 2.27. The van der Waals surface area contributed by atoms with Crippen molar-refractivity contribution in [2.24, 2.45) is 5.41 Å². The highest BCUT2D eigenvalue weighted by atomic mass is 16.5. The van der Waals surface area contributed by atoms with Gasteiger partial charge < -0.3 is 25.8 Å². The summed E-state index contributed by atoms with van der Waals surface area (Å²) in [6.45, 7) is 8.35. The largest absolute Gasteiger partial charge is 0.491 e. The molecule has 0 saturated heterocycles. The van der Waals surface area contributed by atoms with Gasteiger partial charge in [0.2, 0.25) is 5.91 Å². The zero-order valence-electron chi connectivity index (χ0n) is 22.9. The van der Waals surface area contributed by atoms with E-state index in [0.29, 0.717) is 29.0 Å². The molecular weight excluding hydrogens is 494 g/mol. The first-order valence-corrected chi connectivity index (χ1v) is 12.9. The maximum Gasteiger partial charge on any atom is 0.251 e. The number of aryl methyl sites for hydroxylation is 1. The molecule has 4 N–H and O–H groups in total. The maximum atomic E-state index is 13.2. The molecule has 0 aliphatic heterocycles. The van der Waals surface area contributed by atoms with Crippen molar-refractivity contribution in [3.63, 3.8) is 0 Å². The zero-order valence-corrected chi connectivity index (χ0v) is 22.9. The van der Waals surface area contributed by atoms with Gasteiger partial charge in [-0.2, -0.15) is 0 Å². The van der Waals surface area contributed by atoms with Gasteiger partial charge in [0.25, 0.3) is 11.8 Å². The number of hydrogen-bond acceptors (Lipinski definition) is 5. The summed E-state index contributed by atoms with van der Waals surface area (Å²) in [6, 6.07) is 20.3. The van der Waals surface area contributed by atoms with E-state index in [1.165, 1.54) is 0 Å². The van der Waals surface area contributed by atoms with Crippen molar-refractivity contribution in [1.82, 2.24) is 10.6 Å². The first kappa shape index (κ1) is 29.4. The SMILES string of the molecule is Cc1ccc(NC(=O)[C@H](CC(C)(C)C)NC(=O)c2cccc(CNC(=O)c3ccc(OCCO)cc3)c2)cc1. The summed E-state index contributed by atoms with van der Waals surface area (Å²) in [5.74, 6) is -0.346. The molecule has 8 nitrogen and oxygen atoms in total. The highest BCUT2D eigenvalue weighted by molar-refractivity contribution is 6.01. The second kappa shape index (κ2) is 13.6. The van der Waals surface area contributed by atoms with E-state index in [9.17, 15) is 14.4 Å². The minimum Gasteiger partial charge on any atom is -0.491 e. The summed E-state index contributed by atoms with van der Waals surface area (Å²) in [5, 5.41) is 17.5. The van der Waals surface area contributed by atoms with Crippen LogP contribution in [0.3, 0.4) is 0 Å². The van der Waals surface area contributed by atoms with E-state index in [-0.39, 0.29) is 42.9 Å². The number of benzene rings is 3. The van der Waals surface area contributed by atoms with Crippen LogP contribution in [0.2, 0.25) is 0 Å². The van der Waals surface area contributed by atoms with Gasteiger partial charge in [-0.1, -0.05) is 50.6 Å². The molecule has 0 aliphatic rings. The number of ether oxygens (including phenoxy) is 1. The van der Waals surface area contributed by atoms with Gasteiger partial charge in [0.05, 0.1) is 6.61 Å². The summed E-state index contributed by atoms with van der Waals surface area (Å²) in [7, 11) is 0. The van der Waals surface area contributed by atoms with Crippen LogP contribution in [0.15, 0.2) is 72.8 Å². The van der Waals surface area contributed by atoms with Crippen molar-refractivity contribution < 1.29 is 24.2 Å². The Kier molecular flexibility index (Phi) is 10.2. The fourth-order valence-corrected chi connectivity index (χ4v) is 3.90. The van der Waals surface area contributed by atoms with Crippen LogP contribution in [0.1, 0.15) is 59.0 Å². The molecule has 0 saturated carbocycles. The predicted octanol–water partition coefficient (Wildman–Crippen LogP) is 4.47. The Bertz CT molecular complexity index is 1260. The Morgan fingerprint density at radius 2 is 1.59 bits per heavy atom. The first-order chi connectivity index (χ1) is 18.5. The van der Waals surface area contributed by atoms with Crippen molar-refractivity contribution in [3.05, 3.63) is 95.1 Å². The third kappa shape index (κ3) is 9.57. The molecule has 1 atom stereocenters. The quantitative estimate of drug-likeness (QED) is 0.291. The molecule has 206 valence electrons. The molecule has 0 unspecified atom stereocenters. The van der Waals surface area contributed by atoms with Crippen LogP contribution in [0.25, 0.3) is 0 Å². The number of aliphatic hydroxyl groups excluding tert-OH is 1. The Morgan fingerprint density at radius 3 is 2.23 bits per heavy atom. The number of carbonyl (C=O) groups excluding carboxylic acids is 3. The van der Waals surface area contributed by atoms with Crippen LogP contribution in [0.5, 0.6) is 5.75 Å². The van der Waals surface area contributed by atoms with E-state index in [0.717, 1.165) is 11.1 Å². The fourth-order valence-electron chi connectivity index (χ4n) is 3.90. The zero-order chi connectivity index (χ0) is 28.4. The third-order valence-electron chi connectivity index (χ3n) is 5.88. The molecule has 0 fully saturated rings. The number of rotatable bonds is 11. The molecule has 0 heterocycles. The smallest absolute Gasteiger partial charge is 0.251 e. The normalized spacial score (nSPS) is 11.8. The highest BCUT2D eigenvalue weighted by Crippen LogP contribution is 2.22. The minimum absolute atomic E-state index is 0.0861. The van der Waals surface area contributed by atoms with Gasteiger partial charge >= 0.3 is 0 Å². The molecule has 39 heavy (non-hydrogen) atoms. The van der Waals surface area contributed by atoms with E-state index in [1.54, 1.807) is 42.5 Å². The average molecular weight is 532 g/mol. The summed E-state index contributed by atoms with van der Waals surface area (Å²) in [4.78, 5) is 38.8. The van der Waals surface area contributed by atoms with Crippen molar-refractivity contribution in [1.29, 1.82) is 0 Å². The Morgan fingerprint density at radius 1 is 0.897 bits per heavy atom. The molecule has 0 aromatic heterocycles. The Labute approximate surface area is 229 Å². The second-order valence-corrected chi connectivity index (χ2v) is 10.6. The van der Waals surface area contributed by atoms with Crippen LogP contribution in [0.4, 0.5) is 5.69 Å². The molecule has 0 spiro atoms. The molecular formula is C31H37N3O5. The van der Waals surface area contributed by atoms with Crippen molar-refractivity contribution in [2.45, 2.75) is 46.7 Å². The van der Waals surface area contributed by atoms with E-state index < -0.39 is 6.04 Å². The van der Waals surface area contributed by atoms with Gasteiger partial charge in [-0.3, -0.25) is 14.4 Å². The number of anilines is 1. The van der Waals surface area contributed by atoms with E-state index >= 15 is 0 Å². The van der Waals surface area contributed by atoms with Crippen LogP contribution in [0, 0.1) is 12.3 Å². The standard InChI is InChI=1S/C31H37N3O5/c1-21-8-12-25(13-9-21)33-30(38)27(19-31(2,3)4)34-29(37)24-7-5-6-22(18-24)20-32-28(36)23-10-14-26(15-11-23)39-17-16-35/h5-15,18,27,35H,16-17,19-20H2,1-4H3,(H,32,36)(H,33,38)(H,34,37)/t27-/m0/s1. The van der Waals surface area contributed by atoms with E-state index in [4.69, 9.17) is 9.84 Å². The van der Waals surface area contributed by atoms with E-state index in [1.807, 2.05) is 58.0 Å². The lowest BCUT2D eigenvalue weighted by Gasteiger charge is -2.26. The summed E-state index contributed by atoms with van der Waals surface area (Å²) < 4.78 is 5.31. The van der Waals surface area contributed by atoms with Gasteiger partial charge in [0.15, 0.2) is 0 Å². The lowest BCUT2D eigenvalue weighted by atomic mass is 9.87. The van der Waals surface area contributed by atoms with Gasteiger partial charge in [0.1, 0.15) is 18.4 Å². The topological polar surface area (TPSA) is 117 Å². The molecule has 3 aromatic carbocycles. The lowest BCUT2D eigenvalue weighted by molar-refractivity contribution is -0.118. The monoisotopic (exact) mass is 531 g/mol. The Balaban J connectivity index is 1.63. The van der Waals surface area contributed by atoms with Crippen LogP contribution < -0.4 is 20.7 Å². The van der Waals surface area contributed by atoms with Crippen LogP contribution in [-0.4, -0.2) is 42.1 Å². The molecule has 3 rings (SSSR count). The number of carbonyl (C=O) groups is 3. The molecule has 0 aliphatic carbocycles. The fraction of sp³-hybridized carbons (Fsp3) is 0.323. The number of nitrogens with one attached hydrogen (secondary N) is 3. The third-order valence-corrected chi connectivity index (χ3v) is 5.88. The maximum absolute atomic E-state index is 13.2. The molecule has 0 bridgehead atoms. The van der Waals surface area contributed by atoms with Gasteiger partial charge in [0, 0.05) is 23.4 Å². The first-order valence-electron chi connectivity index (χ1n) is 12.9. The van der Waals surface area contributed by atoms with Crippen LogP contribution >= 0.6 is 0 Å². The lowest BCUT2D eigenvalue weighted by Crippen LogP contribution is -2.45. The number of amides is 3. The van der Waals surface area contributed by atoms with Gasteiger partial charge in [-0.15, -0.1) is 0 Å². The van der Waals surface area contributed by atoms with Crippen molar-refractivity contribution in [3.8, 4) is 5.75 Å². The van der Waals surface area contributed by atoms with Crippen molar-refractivity contribution >= 4 is 23.4 Å². The predicted molar refractivity (Wildman–Crippen MR) is 152 cm³/mol. The number of hydrogen-bond donors (Lipinski definition) is 4. The average Bonchev–Trinajstić information content (AvgIpc) is 2.91. The molecule has 0 radical (unpaired) electrons. The van der Waals surface area contributed by atoms with Crippen LogP contribution in [-0.2, 0) is 11.3 Å². The molecule has 8 heteroatoms. The minimum atomic E-state index is -0.730. The van der Waals surface area contributed by atoms with Crippen molar-refractivity contribution in [2.75, 3.05) is 18.5 Å².